The smallest absolute Gasteiger partial charge is 0.146 e. The van der Waals surface area contributed by atoms with E-state index in [2.05, 4.69) is 15.0 Å². The first-order chi connectivity index (χ1) is 10.2. The van der Waals surface area contributed by atoms with Gasteiger partial charge in [-0.1, -0.05) is 35.9 Å². The Morgan fingerprint density at radius 3 is 2.24 bits per heavy atom. The van der Waals surface area contributed by atoms with Crippen LogP contribution in [0.4, 0.5) is 0 Å². The molecule has 4 nitrogen and oxygen atoms in total. The fraction of sp³-hybridized carbons (Fsp3) is 0.0625. The molecule has 0 aliphatic rings. The molecule has 0 radical (unpaired) electrons. The molecule has 2 aromatic heterocycles. The van der Waals surface area contributed by atoms with Crippen LogP contribution in [0.25, 0.3) is 0 Å². The summed E-state index contributed by atoms with van der Waals surface area (Å²) in [5.41, 5.74) is 0.252. The van der Waals surface area contributed by atoms with Crippen molar-refractivity contribution in [2.24, 2.45) is 0 Å². The molecule has 1 unspecified atom stereocenters. The maximum Gasteiger partial charge on any atom is 0.146 e. The largest absolute Gasteiger partial charge is 0.376 e. The van der Waals surface area contributed by atoms with Gasteiger partial charge in [0.15, 0.2) is 0 Å². The molecular formula is C16H12ClN3O. The van der Waals surface area contributed by atoms with Crippen LogP contribution in [-0.2, 0) is 5.60 Å². The number of pyridine rings is 1. The third-order valence-electron chi connectivity index (χ3n) is 3.32. The molecule has 0 aliphatic carbocycles. The number of hydrogen-bond donors (Lipinski definition) is 1. The van der Waals surface area contributed by atoms with Crippen molar-refractivity contribution in [2.75, 3.05) is 0 Å². The Kier molecular flexibility index (Phi) is 3.64. The van der Waals surface area contributed by atoms with Crippen molar-refractivity contribution in [3.05, 3.63) is 89.2 Å². The van der Waals surface area contributed by atoms with Crippen molar-refractivity contribution in [1.29, 1.82) is 0 Å². The van der Waals surface area contributed by atoms with Crippen LogP contribution in [0.2, 0.25) is 5.02 Å². The topological polar surface area (TPSA) is 58.9 Å². The zero-order valence-electron chi connectivity index (χ0n) is 11.0. The standard InChI is InChI=1S/C16H12ClN3O/c17-15-6-2-1-5-14(15)16(21,12-4-3-7-18-8-12)13-9-19-11-20-10-13/h1-11,21H. The summed E-state index contributed by atoms with van der Waals surface area (Å²) in [6.45, 7) is 0. The molecule has 1 aromatic carbocycles. The molecule has 104 valence electrons. The van der Waals surface area contributed by atoms with Gasteiger partial charge in [-0.3, -0.25) is 4.98 Å². The second-order valence-corrected chi connectivity index (χ2v) is 4.97. The molecule has 5 heteroatoms. The lowest BCUT2D eigenvalue weighted by Gasteiger charge is -2.29. The zero-order chi connectivity index (χ0) is 14.7. The summed E-state index contributed by atoms with van der Waals surface area (Å²) >= 11 is 6.29. The highest BCUT2D eigenvalue weighted by atomic mass is 35.5. The van der Waals surface area contributed by atoms with Crippen molar-refractivity contribution < 1.29 is 5.11 Å². The number of aliphatic hydroxyl groups is 1. The Morgan fingerprint density at radius 2 is 1.57 bits per heavy atom. The van der Waals surface area contributed by atoms with Crippen molar-refractivity contribution in [3.8, 4) is 0 Å². The summed E-state index contributed by atoms with van der Waals surface area (Å²) in [7, 11) is 0. The number of halogens is 1. The quantitative estimate of drug-likeness (QED) is 0.807. The first-order valence-corrected chi connectivity index (χ1v) is 6.74. The van der Waals surface area contributed by atoms with E-state index in [0.717, 1.165) is 0 Å². The van der Waals surface area contributed by atoms with E-state index in [9.17, 15) is 5.11 Å². The molecular weight excluding hydrogens is 286 g/mol. The van der Waals surface area contributed by atoms with Crippen LogP contribution in [0.5, 0.6) is 0 Å². The molecule has 3 aromatic rings. The van der Waals surface area contributed by atoms with Crippen LogP contribution in [-0.4, -0.2) is 20.1 Å². The van der Waals surface area contributed by atoms with Gasteiger partial charge in [-0.05, 0) is 12.1 Å². The van der Waals surface area contributed by atoms with Crippen molar-refractivity contribution in [1.82, 2.24) is 15.0 Å². The summed E-state index contributed by atoms with van der Waals surface area (Å²) in [5.74, 6) is 0. The van der Waals surface area contributed by atoms with Crippen LogP contribution in [0, 0.1) is 0 Å². The van der Waals surface area contributed by atoms with E-state index < -0.39 is 5.60 Å². The first-order valence-electron chi connectivity index (χ1n) is 6.36. The number of aromatic nitrogens is 3. The lowest BCUT2D eigenvalue weighted by molar-refractivity contribution is 0.124. The molecule has 0 saturated carbocycles. The van der Waals surface area contributed by atoms with Gasteiger partial charge < -0.3 is 5.11 Å². The highest BCUT2D eigenvalue weighted by Crippen LogP contribution is 2.38. The van der Waals surface area contributed by atoms with E-state index in [-0.39, 0.29) is 0 Å². The normalized spacial score (nSPS) is 13.6. The highest BCUT2D eigenvalue weighted by Gasteiger charge is 2.36. The molecule has 2 heterocycles. The van der Waals surface area contributed by atoms with E-state index in [4.69, 9.17) is 11.6 Å². The predicted molar refractivity (Wildman–Crippen MR) is 79.8 cm³/mol. The van der Waals surface area contributed by atoms with Gasteiger partial charge in [-0.2, -0.15) is 0 Å². The minimum atomic E-state index is -1.45. The number of benzene rings is 1. The van der Waals surface area contributed by atoms with E-state index >= 15 is 0 Å². The third kappa shape index (κ3) is 2.39. The lowest BCUT2D eigenvalue weighted by atomic mass is 9.82. The van der Waals surface area contributed by atoms with Gasteiger partial charge >= 0.3 is 0 Å². The predicted octanol–water partition coefficient (Wildman–Crippen LogP) is 2.81. The molecule has 1 atom stereocenters. The minimum absolute atomic E-state index is 0.465. The molecule has 0 spiro atoms. The lowest BCUT2D eigenvalue weighted by Crippen LogP contribution is -2.29. The summed E-state index contributed by atoms with van der Waals surface area (Å²) in [6, 6.07) is 10.7. The average Bonchev–Trinajstić information content (AvgIpc) is 2.56. The van der Waals surface area contributed by atoms with Crippen LogP contribution in [0.15, 0.2) is 67.5 Å². The van der Waals surface area contributed by atoms with Crippen LogP contribution in [0.3, 0.4) is 0 Å². The van der Waals surface area contributed by atoms with Gasteiger partial charge in [0.25, 0.3) is 0 Å². The Bertz CT molecular complexity index is 695. The maximum atomic E-state index is 11.4. The van der Waals surface area contributed by atoms with Crippen molar-refractivity contribution >= 4 is 11.6 Å². The fourth-order valence-electron chi connectivity index (χ4n) is 2.30. The highest BCUT2D eigenvalue weighted by molar-refractivity contribution is 6.31. The Balaban J connectivity index is 2.29. The number of hydrogen-bond acceptors (Lipinski definition) is 4. The maximum absolute atomic E-state index is 11.4. The van der Waals surface area contributed by atoms with Gasteiger partial charge in [0.05, 0.1) is 0 Å². The second-order valence-electron chi connectivity index (χ2n) is 4.56. The molecule has 0 fully saturated rings. The Hall–Kier alpha value is -2.30. The van der Waals surface area contributed by atoms with Crippen molar-refractivity contribution in [2.45, 2.75) is 5.60 Å². The van der Waals surface area contributed by atoms with Crippen LogP contribution < -0.4 is 0 Å². The molecule has 1 N–H and O–H groups in total. The summed E-state index contributed by atoms with van der Waals surface area (Å²) in [4.78, 5) is 12.1. The van der Waals surface area contributed by atoms with E-state index in [1.807, 2.05) is 12.1 Å². The molecule has 21 heavy (non-hydrogen) atoms. The van der Waals surface area contributed by atoms with Crippen LogP contribution in [0.1, 0.15) is 16.7 Å². The van der Waals surface area contributed by atoms with Crippen molar-refractivity contribution in [3.63, 3.8) is 0 Å². The summed E-state index contributed by atoms with van der Waals surface area (Å²) in [6.07, 6.45) is 7.82. The Morgan fingerprint density at radius 1 is 0.857 bits per heavy atom. The molecule has 0 aliphatic heterocycles. The Labute approximate surface area is 127 Å². The average molecular weight is 298 g/mol. The monoisotopic (exact) mass is 297 g/mol. The first kappa shape index (κ1) is 13.7. The molecule has 0 saturated heterocycles. The number of rotatable bonds is 3. The van der Waals surface area contributed by atoms with Crippen LogP contribution >= 0.6 is 11.6 Å². The SMILES string of the molecule is OC(c1cccnc1)(c1cncnc1)c1ccccc1Cl. The van der Waals surface area contributed by atoms with Gasteiger partial charge in [-0.15, -0.1) is 0 Å². The van der Waals surface area contributed by atoms with E-state index in [1.54, 1.807) is 49.1 Å². The van der Waals surface area contributed by atoms with E-state index in [1.165, 1.54) is 6.33 Å². The van der Waals surface area contributed by atoms with Gasteiger partial charge in [0.2, 0.25) is 0 Å². The zero-order valence-corrected chi connectivity index (χ0v) is 11.8. The molecule has 0 bridgehead atoms. The van der Waals surface area contributed by atoms with Gasteiger partial charge in [0.1, 0.15) is 11.9 Å². The molecule has 3 rings (SSSR count). The third-order valence-corrected chi connectivity index (χ3v) is 3.65. The van der Waals surface area contributed by atoms with E-state index in [0.29, 0.717) is 21.7 Å². The van der Waals surface area contributed by atoms with Gasteiger partial charge in [-0.25, -0.2) is 9.97 Å². The fourth-order valence-corrected chi connectivity index (χ4v) is 2.57. The van der Waals surface area contributed by atoms with Gasteiger partial charge in [0, 0.05) is 46.5 Å². The summed E-state index contributed by atoms with van der Waals surface area (Å²) in [5, 5.41) is 11.9. The minimum Gasteiger partial charge on any atom is -0.376 e. The molecule has 0 amide bonds. The second kappa shape index (κ2) is 5.60. The number of nitrogens with zero attached hydrogens (tertiary/aromatic N) is 3. The summed E-state index contributed by atoms with van der Waals surface area (Å²) < 4.78 is 0.